The smallest absolute Gasteiger partial charge is 0.287 e. The molecule has 0 aliphatic heterocycles. The van der Waals surface area contributed by atoms with E-state index in [1.54, 1.807) is 0 Å². The molecule has 2 aromatic rings. The second kappa shape index (κ2) is 5.84. The van der Waals surface area contributed by atoms with Crippen molar-refractivity contribution in [1.82, 2.24) is 0 Å². The predicted octanol–water partition coefficient (Wildman–Crippen LogP) is 3.78. The maximum absolute atomic E-state index is 13.4. The first-order chi connectivity index (χ1) is 9.88. The van der Waals surface area contributed by atoms with Gasteiger partial charge in [-0.3, -0.25) is 14.9 Å². The Morgan fingerprint density at radius 1 is 1.19 bits per heavy atom. The monoisotopic (exact) mass is 312 g/mol. The van der Waals surface area contributed by atoms with Gasteiger partial charge >= 0.3 is 0 Å². The second-order valence-electron chi connectivity index (χ2n) is 4.00. The summed E-state index contributed by atoms with van der Waals surface area (Å²) in [6.07, 6.45) is 0. The quantitative estimate of drug-likeness (QED) is 0.692. The summed E-state index contributed by atoms with van der Waals surface area (Å²) in [4.78, 5) is 21.8. The standard InChI is InChI=1S/C13H7ClF2N2O3/c14-9-5-7(1-4-12(9)18(20)21)13(19)17-11-3-2-8(15)6-10(11)16/h1-6H,(H,17,19). The van der Waals surface area contributed by atoms with Crippen LogP contribution in [0.1, 0.15) is 10.4 Å². The molecule has 0 unspecified atom stereocenters. The molecular formula is C13H7ClF2N2O3. The molecule has 0 fully saturated rings. The van der Waals surface area contributed by atoms with Crippen LogP contribution in [0, 0.1) is 21.7 Å². The van der Waals surface area contributed by atoms with Gasteiger partial charge in [0.1, 0.15) is 16.7 Å². The Bertz CT molecular complexity index is 737. The van der Waals surface area contributed by atoms with E-state index in [-0.39, 0.29) is 22.0 Å². The fourth-order valence-corrected chi connectivity index (χ4v) is 1.83. The molecule has 21 heavy (non-hydrogen) atoms. The summed E-state index contributed by atoms with van der Waals surface area (Å²) in [6.45, 7) is 0. The average Bonchev–Trinajstić information content (AvgIpc) is 2.41. The summed E-state index contributed by atoms with van der Waals surface area (Å²) < 4.78 is 26.2. The van der Waals surface area contributed by atoms with Crippen molar-refractivity contribution in [2.75, 3.05) is 5.32 Å². The lowest BCUT2D eigenvalue weighted by Gasteiger charge is -2.07. The van der Waals surface area contributed by atoms with Crippen molar-refractivity contribution in [3.8, 4) is 0 Å². The number of anilines is 1. The molecule has 0 heterocycles. The van der Waals surface area contributed by atoms with Gasteiger partial charge in [0.25, 0.3) is 11.6 Å². The van der Waals surface area contributed by atoms with Crippen LogP contribution in [0.15, 0.2) is 36.4 Å². The largest absolute Gasteiger partial charge is 0.319 e. The van der Waals surface area contributed by atoms with Gasteiger partial charge in [0.05, 0.1) is 10.6 Å². The first kappa shape index (κ1) is 14.9. The molecule has 8 heteroatoms. The van der Waals surface area contributed by atoms with E-state index in [1.807, 2.05) is 0 Å². The maximum atomic E-state index is 13.4. The number of nitrogens with zero attached hydrogens (tertiary/aromatic N) is 1. The number of amides is 1. The molecule has 5 nitrogen and oxygen atoms in total. The van der Waals surface area contributed by atoms with E-state index >= 15 is 0 Å². The van der Waals surface area contributed by atoms with E-state index in [9.17, 15) is 23.7 Å². The Morgan fingerprint density at radius 2 is 1.90 bits per heavy atom. The number of halogens is 3. The Labute approximate surface area is 122 Å². The minimum Gasteiger partial charge on any atom is -0.319 e. The number of nitrogens with one attached hydrogen (secondary N) is 1. The van der Waals surface area contributed by atoms with E-state index in [0.717, 1.165) is 24.3 Å². The van der Waals surface area contributed by atoms with Crippen molar-refractivity contribution < 1.29 is 18.5 Å². The molecule has 2 aromatic carbocycles. The van der Waals surface area contributed by atoms with Crippen LogP contribution in [-0.4, -0.2) is 10.8 Å². The van der Waals surface area contributed by atoms with E-state index in [4.69, 9.17) is 11.6 Å². The molecule has 0 radical (unpaired) electrons. The number of rotatable bonds is 3. The third-order valence-electron chi connectivity index (χ3n) is 2.59. The van der Waals surface area contributed by atoms with Gasteiger partial charge in [0, 0.05) is 17.7 Å². The van der Waals surface area contributed by atoms with Crippen molar-refractivity contribution in [2.24, 2.45) is 0 Å². The van der Waals surface area contributed by atoms with E-state index in [2.05, 4.69) is 5.32 Å². The van der Waals surface area contributed by atoms with Crippen molar-refractivity contribution in [3.05, 3.63) is 68.7 Å². The normalized spacial score (nSPS) is 10.2. The Balaban J connectivity index is 2.24. The predicted molar refractivity (Wildman–Crippen MR) is 72.4 cm³/mol. The van der Waals surface area contributed by atoms with Gasteiger partial charge in [0.2, 0.25) is 0 Å². The molecule has 2 rings (SSSR count). The molecule has 0 aromatic heterocycles. The van der Waals surface area contributed by atoms with Crippen molar-refractivity contribution in [3.63, 3.8) is 0 Å². The number of carbonyl (C=O) groups excluding carboxylic acids is 1. The number of hydrogen-bond acceptors (Lipinski definition) is 3. The van der Waals surface area contributed by atoms with Crippen LogP contribution < -0.4 is 5.32 Å². The molecule has 0 saturated heterocycles. The molecule has 1 amide bonds. The number of nitro groups is 1. The highest BCUT2D eigenvalue weighted by molar-refractivity contribution is 6.33. The average molecular weight is 313 g/mol. The second-order valence-corrected chi connectivity index (χ2v) is 4.41. The van der Waals surface area contributed by atoms with Gasteiger partial charge < -0.3 is 5.32 Å². The van der Waals surface area contributed by atoms with Crippen LogP contribution in [0.25, 0.3) is 0 Å². The Kier molecular flexibility index (Phi) is 4.13. The van der Waals surface area contributed by atoms with Gasteiger partial charge in [-0.05, 0) is 24.3 Å². The van der Waals surface area contributed by atoms with Crippen LogP contribution in [0.5, 0.6) is 0 Å². The minimum atomic E-state index is -0.934. The van der Waals surface area contributed by atoms with Gasteiger partial charge in [-0.1, -0.05) is 11.6 Å². The van der Waals surface area contributed by atoms with Gasteiger partial charge in [-0.2, -0.15) is 0 Å². The summed E-state index contributed by atoms with van der Waals surface area (Å²) in [5.74, 6) is -2.43. The number of carbonyl (C=O) groups is 1. The number of benzene rings is 2. The number of hydrogen-bond donors (Lipinski definition) is 1. The molecule has 0 saturated carbocycles. The number of nitro benzene ring substituents is 1. The van der Waals surface area contributed by atoms with E-state index < -0.39 is 22.5 Å². The van der Waals surface area contributed by atoms with Crippen LogP contribution in [0.2, 0.25) is 5.02 Å². The SMILES string of the molecule is O=C(Nc1ccc(F)cc1F)c1ccc([N+](=O)[O-])c(Cl)c1. The van der Waals surface area contributed by atoms with Crippen molar-refractivity contribution in [1.29, 1.82) is 0 Å². The molecule has 108 valence electrons. The summed E-state index contributed by atoms with van der Waals surface area (Å²) >= 11 is 5.68. The first-order valence-electron chi connectivity index (χ1n) is 5.59. The summed E-state index contributed by atoms with van der Waals surface area (Å²) in [6, 6.07) is 6.02. The Morgan fingerprint density at radius 3 is 2.48 bits per heavy atom. The molecule has 1 N–H and O–H groups in total. The van der Waals surface area contributed by atoms with Gasteiger partial charge in [0.15, 0.2) is 0 Å². The fourth-order valence-electron chi connectivity index (χ4n) is 1.58. The molecule has 0 aliphatic carbocycles. The lowest BCUT2D eigenvalue weighted by atomic mass is 10.2. The highest BCUT2D eigenvalue weighted by atomic mass is 35.5. The van der Waals surface area contributed by atoms with Gasteiger partial charge in [-0.15, -0.1) is 0 Å². The third kappa shape index (κ3) is 3.32. The molecule has 0 spiro atoms. The molecule has 0 bridgehead atoms. The van der Waals surface area contributed by atoms with Crippen molar-refractivity contribution in [2.45, 2.75) is 0 Å². The van der Waals surface area contributed by atoms with Crippen molar-refractivity contribution >= 4 is 28.9 Å². The molecule has 0 aliphatic rings. The minimum absolute atomic E-state index is 0.00863. The third-order valence-corrected chi connectivity index (χ3v) is 2.89. The lowest BCUT2D eigenvalue weighted by Crippen LogP contribution is -2.13. The molecule has 0 atom stereocenters. The van der Waals surface area contributed by atoms with Gasteiger partial charge in [-0.25, -0.2) is 8.78 Å². The fraction of sp³-hybridized carbons (Fsp3) is 0. The Hall–Kier alpha value is -2.54. The van der Waals surface area contributed by atoms with E-state index in [0.29, 0.717) is 6.07 Å². The zero-order valence-electron chi connectivity index (χ0n) is 10.3. The first-order valence-corrected chi connectivity index (χ1v) is 5.96. The highest BCUT2D eigenvalue weighted by Crippen LogP contribution is 2.25. The lowest BCUT2D eigenvalue weighted by molar-refractivity contribution is -0.384. The zero-order chi connectivity index (χ0) is 15.6. The van der Waals surface area contributed by atoms with Crippen LogP contribution in [-0.2, 0) is 0 Å². The van der Waals surface area contributed by atoms with Crippen LogP contribution in [0.4, 0.5) is 20.2 Å². The van der Waals surface area contributed by atoms with Crippen LogP contribution in [0.3, 0.4) is 0 Å². The summed E-state index contributed by atoms with van der Waals surface area (Å²) in [5.41, 5.74) is -0.550. The van der Waals surface area contributed by atoms with Crippen LogP contribution >= 0.6 is 11.6 Å². The topological polar surface area (TPSA) is 72.2 Å². The van der Waals surface area contributed by atoms with E-state index in [1.165, 1.54) is 6.07 Å². The summed E-state index contributed by atoms with van der Waals surface area (Å²) in [5, 5.41) is 12.6. The summed E-state index contributed by atoms with van der Waals surface area (Å²) in [7, 11) is 0. The zero-order valence-corrected chi connectivity index (χ0v) is 11.0. The highest BCUT2D eigenvalue weighted by Gasteiger charge is 2.16. The molecular weight excluding hydrogens is 306 g/mol. The maximum Gasteiger partial charge on any atom is 0.287 e.